The maximum Gasteiger partial charge on any atom is 0.246 e. The van der Waals surface area contributed by atoms with Gasteiger partial charge in [-0.3, -0.25) is 0 Å². The number of nitrogens with zero attached hydrogens (tertiary/aromatic N) is 2. The number of hydrogen-bond donors (Lipinski definition) is 2. The molecule has 24 heavy (non-hydrogen) atoms. The highest BCUT2D eigenvalue weighted by atomic mass is 32.1. The van der Waals surface area contributed by atoms with Gasteiger partial charge in [-0.05, 0) is 49.5 Å². The molecule has 0 aliphatic heterocycles. The third-order valence-electron chi connectivity index (χ3n) is 3.25. The molecule has 3 rings (SSSR count). The van der Waals surface area contributed by atoms with E-state index in [0.717, 1.165) is 11.1 Å². The molecule has 0 saturated carbocycles. The molecule has 7 heteroatoms. The third kappa shape index (κ3) is 4.14. The molecule has 0 saturated heterocycles. The van der Waals surface area contributed by atoms with Gasteiger partial charge < -0.3 is 15.2 Å². The summed E-state index contributed by atoms with van der Waals surface area (Å²) in [4.78, 5) is 4.33. The second kappa shape index (κ2) is 7.18. The molecule has 0 radical (unpaired) electrons. The zero-order valence-corrected chi connectivity index (χ0v) is 13.7. The Morgan fingerprint density at radius 2 is 2.00 bits per heavy atom. The molecule has 0 atom stereocenters. The van der Waals surface area contributed by atoms with Crippen LogP contribution in [0.3, 0.4) is 0 Å². The molecule has 0 amide bonds. The molecule has 2 N–H and O–H groups in total. The highest BCUT2D eigenvalue weighted by Gasteiger charge is 2.09. The normalized spacial score (nSPS) is 10.4. The van der Waals surface area contributed by atoms with Crippen molar-refractivity contribution in [3.63, 3.8) is 0 Å². The van der Waals surface area contributed by atoms with Gasteiger partial charge in [0.25, 0.3) is 0 Å². The lowest BCUT2D eigenvalue weighted by Crippen LogP contribution is -2.28. The molecule has 0 aliphatic rings. The second-order valence-electron chi connectivity index (χ2n) is 5.20. The first-order chi connectivity index (χ1) is 11.6. The van der Waals surface area contributed by atoms with E-state index in [0.29, 0.717) is 29.1 Å². The average Bonchev–Trinajstić information content (AvgIpc) is 3.04. The number of halogens is 1. The Balaban J connectivity index is 1.57. The van der Waals surface area contributed by atoms with Gasteiger partial charge in [0, 0.05) is 11.3 Å². The zero-order chi connectivity index (χ0) is 16.9. The summed E-state index contributed by atoms with van der Waals surface area (Å²) in [5, 5.41) is 10.3. The summed E-state index contributed by atoms with van der Waals surface area (Å²) >= 11 is 5.18. The summed E-state index contributed by atoms with van der Waals surface area (Å²) in [6.07, 6.45) is 0. The summed E-state index contributed by atoms with van der Waals surface area (Å²) in [5.41, 5.74) is 2.72. The van der Waals surface area contributed by atoms with Crippen LogP contribution in [0.15, 0.2) is 53.1 Å². The molecular formula is C17H15FN4OS. The molecule has 2 aromatic carbocycles. The number of rotatable bonds is 4. The summed E-state index contributed by atoms with van der Waals surface area (Å²) in [5.74, 6) is 0.664. The molecule has 122 valence electrons. The van der Waals surface area contributed by atoms with Gasteiger partial charge in [0.05, 0.1) is 6.54 Å². The quantitative estimate of drug-likeness (QED) is 0.706. The highest BCUT2D eigenvalue weighted by Crippen LogP contribution is 2.16. The minimum Gasteiger partial charge on any atom is -0.353 e. The number of thiocarbonyl (C=S) groups is 1. The van der Waals surface area contributed by atoms with Gasteiger partial charge in [0.1, 0.15) is 5.82 Å². The monoisotopic (exact) mass is 342 g/mol. The van der Waals surface area contributed by atoms with Gasteiger partial charge in [0.15, 0.2) is 5.11 Å². The Hall–Kier alpha value is -2.80. The zero-order valence-electron chi connectivity index (χ0n) is 12.9. The Morgan fingerprint density at radius 3 is 2.75 bits per heavy atom. The lowest BCUT2D eigenvalue weighted by atomic mass is 10.1. The van der Waals surface area contributed by atoms with Gasteiger partial charge in [-0.2, -0.15) is 4.98 Å². The fourth-order valence-electron chi connectivity index (χ4n) is 2.09. The number of aromatic nitrogens is 2. The van der Waals surface area contributed by atoms with Crippen LogP contribution in [-0.4, -0.2) is 15.3 Å². The van der Waals surface area contributed by atoms with Crippen molar-refractivity contribution in [1.29, 1.82) is 0 Å². The van der Waals surface area contributed by atoms with E-state index in [2.05, 4.69) is 20.8 Å². The van der Waals surface area contributed by atoms with Crippen LogP contribution in [0, 0.1) is 12.7 Å². The van der Waals surface area contributed by atoms with Gasteiger partial charge in [0.2, 0.25) is 11.7 Å². The van der Waals surface area contributed by atoms with E-state index < -0.39 is 0 Å². The molecule has 0 fully saturated rings. The Bertz CT molecular complexity index is 848. The molecule has 0 bridgehead atoms. The van der Waals surface area contributed by atoms with E-state index in [1.54, 1.807) is 12.1 Å². The molecular weight excluding hydrogens is 327 g/mol. The Kier molecular flexibility index (Phi) is 4.81. The van der Waals surface area contributed by atoms with Gasteiger partial charge in [-0.15, -0.1) is 0 Å². The van der Waals surface area contributed by atoms with Crippen LogP contribution in [0.4, 0.5) is 10.1 Å². The van der Waals surface area contributed by atoms with Crippen molar-refractivity contribution < 1.29 is 8.91 Å². The highest BCUT2D eigenvalue weighted by molar-refractivity contribution is 7.80. The van der Waals surface area contributed by atoms with E-state index >= 15 is 0 Å². The Labute approximate surface area is 143 Å². The van der Waals surface area contributed by atoms with Crippen molar-refractivity contribution >= 4 is 23.0 Å². The van der Waals surface area contributed by atoms with Crippen molar-refractivity contribution in [1.82, 2.24) is 15.5 Å². The molecule has 1 heterocycles. The van der Waals surface area contributed by atoms with Crippen molar-refractivity contribution in [2.45, 2.75) is 13.5 Å². The molecule has 1 aromatic heterocycles. The van der Waals surface area contributed by atoms with Crippen LogP contribution in [0.5, 0.6) is 0 Å². The Morgan fingerprint density at radius 1 is 1.21 bits per heavy atom. The first-order valence-corrected chi connectivity index (χ1v) is 7.71. The predicted octanol–water partition coefficient (Wildman–Crippen LogP) is 3.67. The fraction of sp³-hybridized carbons (Fsp3) is 0.118. The van der Waals surface area contributed by atoms with Gasteiger partial charge >= 0.3 is 0 Å². The minimum absolute atomic E-state index is 0.297. The molecule has 0 spiro atoms. The van der Waals surface area contributed by atoms with Crippen molar-refractivity contribution in [3.05, 3.63) is 65.8 Å². The van der Waals surface area contributed by atoms with Crippen molar-refractivity contribution in [2.24, 2.45) is 0 Å². The van der Waals surface area contributed by atoms with Crippen LogP contribution in [-0.2, 0) is 6.54 Å². The van der Waals surface area contributed by atoms with E-state index in [9.17, 15) is 4.39 Å². The largest absolute Gasteiger partial charge is 0.353 e. The predicted molar refractivity (Wildman–Crippen MR) is 93.9 cm³/mol. The first kappa shape index (κ1) is 16.1. The molecule has 0 unspecified atom stereocenters. The lowest BCUT2D eigenvalue weighted by molar-refractivity contribution is 0.376. The fourth-order valence-corrected chi connectivity index (χ4v) is 2.28. The SMILES string of the molecule is Cc1cccc(-c2noc(CNC(=S)Nc3ccc(F)cc3)n2)c1. The molecule has 3 aromatic rings. The summed E-state index contributed by atoms with van der Waals surface area (Å²) < 4.78 is 18.1. The van der Waals surface area contributed by atoms with E-state index in [4.69, 9.17) is 16.7 Å². The third-order valence-corrected chi connectivity index (χ3v) is 3.49. The van der Waals surface area contributed by atoms with Crippen molar-refractivity contribution in [3.8, 4) is 11.4 Å². The van der Waals surface area contributed by atoms with Crippen molar-refractivity contribution in [2.75, 3.05) is 5.32 Å². The minimum atomic E-state index is -0.297. The lowest BCUT2D eigenvalue weighted by Gasteiger charge is -2.08. The number of nitrogens with one attached hydrogen (secondary N) is 2. The summed E-state index contributed by atoms with van der Waals surface area (Å²) in [6.45, 7) is 2.30. The van der Waals surface area contributed by atoms with E-state index in [1.807, 2.05) is 31.2 Å². The van der Waals surface area contributed by atoms with Crippen LogP contribution < -0.4 is 10.6 Å². The number of aryl methyl sites for hydroxylation is 1. The standard InChI is InChI=1S/C17H15FN4OS/c1-11-3-2-4-12(9-11)16-21-15(23-22-16)10-19-17(24)20-14-7-5-13(18)6-8-14/h2-9H,10H2,1H3,(H2,19,20,24). The van der Waals surface area contributed by atoms with Gasteiger partial charge in [-0.25, -0.2) is 4.39 Å². The molecule has 0 aliphatic carbocycles. The second-order valence-corrected chi connectivity index (χ2v) is 5.60. The average molecular weight is 342 g/mol. The van der Waals surface area contributed by atoms with E-state index in [-0.39, 0.29) is 5.82 Å². The molecule has 5 nitrogen and oxygen atoms in total. The topological polar surface area (TPSA) is 63.0 Å². The maximum absolute atomic E-state index is 12.9. The van der Waals surface area contributed by atoms with Crippen LogP contribution in [0.25, 0.3) is 11.4 Å². The number of anilines is 1. The van der Waals surface area contributed by atoms with E-state index in [1.165, 1.54) is 12.1 Å². The smallest absolute Gasteiger partial charge is 0.246 e. The number of benzene rings is 2. The van der Waals surface area contributed by atoms with Gasteiger partial charge in [-0.1, -0.05) is 28.9 Å². The van der Waals surface area contributed by atoms with Crippen LogP contribution >= 0.6 is 12.2 Å². The van der Waals surface area contributed by atoms with Crippen LogP contribution in [0.1, 0.15) is 11.5 Å². The summed E-state index contributed by atoms with van der Waals surface area (Å²) in [7, 11) is 0. The summed E-state index contributed by atoms with van der Waals surface area (Å²) in [6, 6.07) is 13.8. The first-order valence-electron chi connectivity index (χ1n) is 7.30. The number of hydrogen-bond acceptors (Lipinski definition) is 4. The maximum atomic E-state index is 12.9. The van der Waals surface area contributed by atoms with Crippen LogP contribution in [0.2, 0.25) is 0 Å².